The number of thiophene rings is 1. The summed E-state index contributed by atoms with van der Waals surface area (Å²) >= 11 is 1.43. The molecule has 3 rings (SSSR count). The van der Waals surface area contributed by atoms with Crippen LogP contribution in [-0.2, 0) is 19.1 Å². The Balaban J connectivity index is 1.82. The van der Waals surface area contributed by atoms with E-state index in [2.05, 4.69) is 10.6 Å². The lowest BCUT2D eigenvalue weighted by atomic mass is 9.89. The van der Waals surface area contributed by atoms with E-state index in [0.29, 0.717) is 0 Å². The van der Waals surface area contributed by atoms with Crippen LogP contribution in [0.1, 0.15) is 49.9 Å². The summed E-state index contributed by atoms with van der Waals surface area (Å²) in [6.45, 7) is 1.78. The molecule has 1 aromatic heterocycles. The summed E-state index contributed by atoms with van der Waals surface area (Å²) in [5.74, 6) is -0.908. The molecule has 0 radical (unpaired) electrons. The quantitative estimate of drug-likeness (QED) is 0.726. The number of urea groups is 1. The van der Waals surface area contributed by atoms with E-state index in [1.807, 2.05) is 17.5 Å². The predicted molar refractivity (Wildman–Crippen MR) is 99.9 cm³/mol. The molecule has 7 nitrogen and oxygen atoms in total. The molecule has 1 aliphatic carbocycles. The van der Waals surface area contributed by atoms with Crippen molar-refractivity contribution in [2.45, 2.75) is 45.1 Å². The fourth-order valence-electron chi connectivity index (χ4n) is 3.45. The first-order valence-corrected chi connectivity index (χ1v) is 10.2. The Kier molecular flexibility index (Phi) is 6.49. The highest BCUT2D eigenvalue weighted by molar-refractivity contribution is 7.10. The summed E-state index contributed by atoms with van der Waals surface area (Å²) in [6, 6.07) is 2.62. The van der Waals surface area contributed by atoms with Crippen LogP contribution >= 0.6 is 11.3 Å². The van der Waals surface area contributed by atoms with Crippen molar-refractivity contribution in [1.29, 1.82) is 0 Å². The number of carbonyl (C=O) groups excluding carboxylic acids is 3. The van der Waals surface area contributed by atoms with Gasteiger partial charge < -0.3 is 20.1 Å². The average Bonchev–Trinajstić information content (AvgIpc) is 3.21. The molecular formula is C19H24N2O5S. The van der Waals surface area contributed by atoms with Gasteiger partial charge in [0.05, 0.1) is 29.8 Å². The van der Waals surface area contributed by atoms with Gasteiger partial charge in [0.15, 0.2) is 0 Å². The summed E-state index contributed by atoms with van der Waals surface area (Å²) in [7, 11) is 0. The Bertz CT molecular complexity index is 722. The molecule has 146 valence electrons. The number of hydrogen-bond acceptors (Lipinski definition) is 6. The van der Waals surface area contributed by atoms with Gasteiger partial charge in [-0.15, -0.1) is 11.3 Å². The minimum absolute atomic E-state index is 0.101. The second-order valence-electron chi connectivity index (χ2n) is 6.60. The monoisotopic (exact) mass is 392 g/mol. The van der Waals surface area contributed by atoms with E-state index in [1.54, 1.807) is 6.92 Å². The van der Waals surface area contributed by atoms with Gasteiger partial charge in [-0.1, -0.05) is 25.3 Å². The Hall–Kier alpha value is -2.35. The zero-order valence-electron chi connectivity index (χ0n) is 15.3. The topological polar surface area (TPSA) is 93.7 Å². The van der Waals surface area contributed by atoms with Gasteiger partial charge in [0.2, 0.25) is 0 Å². The van der Waals surface area contributed by atoms with E-state index < -0.39 is 18.0 Å². The fraction of sp³-hybridized carbons (Fsp3) is 0.526. The number of ether oxygens (including phenoxy) is 2. The smallest absolute Gasteiger partial charge is 0.338 e. The van der Waals surface area contributed by atoms with Gasteiger partial charge in [-0.2, -0.15) is 0 Å². The maximum Gasteiger partial charge on any atom is 0.338 e. The summed E-state index contributed by atoms with van der Waals surface area (Å²) in [5.41, 5.74) is 0.551. The van der Waals surface area contributed by atoms with Crippen LogP contribution in [0.3, 0.4) is 0 Å². The Morgan fingerprint density at radius 3 is 2.67 bits per heavy atom. The molecular weight excluding hydrogens is 368 g/mol. The minimum Gasteiger partial charge on any atom is -0.463 e. The van der Waals surface area contributed by atoms with Crippen LogP contribution in [-0.4, -0.2) is 31.2 Å². The third-order valence-corrected chi connectivity index (χ3v) is 5.71. The van der Waals surface area contributed by atoms with E-state index in [1.165, 1.54) is 11.3 Å². The number of esters is 2. The number of nitrogens with one attached hydrogen (secondary N) is 2. The lowest BCUT2D eigenvalue weighted by molar-refractivity contribution is -0.149. The molecule has 1 fully saturated rings. The SMILES string of the molecule is CCOC(=O)C1=C(COC(=O)C2CCCCC2)NC(=O)NC1c1cccs1. The van der Waals surface area contributed by atoms with Crippen LogP contribution in [0, 0.1) is 5.92 Å². The normalized spacial score (nSPS) is 20.6. The highest BCUT2D eigenvalue weighted by atomic mass is 32.1. The summed E-state index contributed by atoms with van der Waals surface area (Å²) in [6.07, 6.45) is 4.85. The minimum atomic E-state index is -0.624. The number of carbonyl (C=O) groups is 3. The second-order valence-corrected chi connectivity index (χ2v) is 7.58. The van der Waals surface area contributed by atoms with Gasteiger partial charge in [-0.25, -0.2) is 9.59 Å². The predicted octanol–water partition coefficient (Wildman–Crippen LogP) is 3.04. The second kappa shape index (κ2) is 9.03. The lowest BCUT2D eigenvalue weighted by Gasteiger charge is -2.28. The van der Waals surface area contributed by atoms with Crippen LogP contribution in [0.5, 0.6) is 0 Å². The van der Waals surface area contributed by atoms with Crippen molar-refractivity contribution in [3.8, 4) is 0 Å². The first kappa shape index (κ1) is 19.4. The molecule has 0 saturated heterocycles. The van der Waals surface area contributed by atoms with Crippen LogP contribution in [0.4, 0.5) is 4.79 Å². The zero-order valence-corrected chi connectivity index (χ0v) is 16.1. The summed E-state index contributed by atoms with van der Waals surface area (Å²) in [5, 5.41) is 7.23. The lowest BCUT2D eigenvalue weighted by Crippen LogP contribution is -2.47. The average molecular weight is 392 g/mol. The van der Waals surface area contributed by atoms with E-state index in [-0.39, 0.29) is 36.4 Å². The Morgan fingerprint density at radius 2 is 2.00 bits per heavy atom. The van der Waals surface area contributed by atoms with E-state index in [0.717, 1.165) is 37.0 Å². The molecule has 8 heteroatoms. The van der Waals surface area contributed by atoms with E-state index in [9.17, 15) is 14.4 Å². The highest BCUT2D eigenvalue weighted by Gasteiger charge is 2.35. The Morgan fingerprint density at radius 1 is 1.22 bits per heavy atom. The molecule has 0 bridgehead atoms. The molecule has 2 heterocycles. The first-order chi connectivity index (χ1) is 13.1. The van der Waals surface area contributed by atoms with Crippen LogP contribution in [0.25, 0.3) is 0 Å². The van der Waals surface area contributed by atoms with Crippen molar-refractivity contribution in [2.24, 2.45) is 5.92 Å². The molecule has 27 heavy (non-hydrogen) atoms. The van der Waals surface area contributed by atoms with Crippen molar-refractivity contribution >= 4 is 29.3 Å². The molecule has 2 amide bonds. The summed E-state index contributed by atoms with van der Waals surface area (Å²) < 4.78 is 10.6. The largest absolute Gasteiger partial charge is 0.463 e. The maximum absolute atomic E-state index is 12.6. The third kappa shape index (κ3) is 4.68. The molecule has 0 spiro atoms. The van der Waals surface area contributed by atoms with Gasteiger partial charge in [0.25, 0.3) is 0 Å². The van der Waals surface area contributed by atoms with Gasteiger partial charge in [0.1, 0.15) is 6.61 Å². The molecule has 2 N–H and O–H groups in total. The zero-order chi connectivity index (χ0) is 19.2. The standard InChI is InChI=1S/C19H24N2O5S/c1-2-25-18(23)15-13(11-26-17(22)12-7-4-3-5-8-12)20-19(24)21-16(15)14-9-6-10-27-14/h6,9-10,12,16H,2-5,7-8,11H2,1H3,(H2,20,21,24). The molecule has 0 aromatic carbocycles. The molecule has 1 aromatic rings. The molecule has 1 aliphatic heterocycles. The number of hydrogen-bond donors (Lipinski definition) is 2. The number of rotatable bonds is 6. The fourth-order valence-corrected chi connectivity index (χ4v) is 4.23. The van der Waals surface area contributed by atoms with E-state index in [4.69, 9.17) is 9.47 Å². The van der Waals surface area contributed by atoms with Crippen molar-refractivity contribution < 1.29 is 23.9 Å². The van der Waals surface area contributed by atoms with Gasteiger partial charge >= 0.3 is 18.0 Å². The van der Waals surface area contributed by atoms with Gasteiger partial charge in [-0.3, -0.25) is 4.79 Å². The van der Waals surface area contributed by atoms with Crippen LogP contribution in [0.15, 0.2) is 28.8 Å². The first-order valence-electron chi connectivity index (χ1n) is 9.27. The molecule has 1 atom stereocenters. The van der Waals surface area contributed by atoms with Crippen molar-refractivity contribution in [1.82, 2.24) is 10.6 Å². The van der Waals surface area contributed by atoms with Crippen LogP contribution < -0.4 is 10.6 Å². The van der Waals surface area contributed by atoms with Crippen molar-refractivity contribution in [2.75, 3.05) is 13.2 Å². The maximum atomic E-state index is 12.6. The molecule has 1 unspecified atom stereocenters. The van der Waals surface area contributed by atoms with Crippen molar-refractivity contribution in [3.05, 3.63) is 33.7 Å². The molecule has 1 saturated carbocycles. The van der Waals surface area contributed by atoms with Gasteiger partial charge in [-0.05, 0) is 31.2 Å². The van der Waals surface area contributed by atoms with Crippen molar-refractivity contribution in [3.63, 3.8) is 0 Å². The third-order valence-electron chi connectivity index (χ3n) is 4.77. The van der Waals surface area contributed by atoms with Gasteiger partial charge in [0, 0.05) is 4.88 Å². The Labute approximate surface area is 162 Å². The van der Waals surface area contributed by atoms with E-state index >= 15 is 0 Å². The molecule has 2 aliphatic rings. The van der Waals surface area contributed by atoms with Crippen LogP contribution in [0.2, 0.25) is 0 Å². The summed E-state index contributed by atoms with van der Waals surface area (Å²) in [4.78, 5) is 37.8. The highest BCUT2D eigenvalue weighted by Crippen LogP contribution is 2.31. The number of amides is 2.